The van der Waals surface area contributed by atoms with E-state index in [1.807, 2.05) is 0 Å². The SMILES string of the molecule is C#CC1(OS(=O)(=O)O)CCC2C3C(C)CC4=C(CCC(O)C4)C3CCC21C. The van der Waals surface area contributed by atoms with Crippen molar-refractivity contribution in [3.63, 3.8) is 0 Å². The van der Waals surface area contributed by atoms with Crippen molar-refractivity contribution in [3.05, 3.63) is 11.1 Å². The van der Waals surface area contributed by atoms with Gasteiger partial charge in [-0.25, -0.2) is 4.18 Å². The topological polar surface area (TPSA) is 83.8 Å². The quantitative estimate of drug-likeness (QED) is 0.425. The van der Waals surface area contributed by atoms with Crippen LogP contribution in [0.1, 0.15) is 65.2 Å². The Labute approximate surface area is 162 Å². The highest BCUT2D eigenvalue weighted by atomic mass is 32.3. The van der Waals surface area contributed by atoms with Crippen molar-refractivity contribution in [1.82, 2.24) is 0 Å². The van der Waals surface area contributed by atoms with Crippen LogP contribution in [0.3, 0.4) is 0 Å². The molecule has 4 rings (SSSR count). The molecule has 2 N–H and O–H groups in total. The molecule has 150 valence electrons. The molecule has 0 heterocycles. The molecule has 0 aliphatic heterocycles. The highest BCUT2D eigenvalue weighted by Gasteiger charge is 2.65. The van der Waals surface area contributed by atoms with Crippen molar-refractivity contribution in [1.29, 1.82) is 0 Å². The molecule has 0 saturated heterocycles. The lowest BCUT2D eigenvalue weighted by molar-refractivity contribution is -0.0695. The van der Waals surface area contributed by atoms with Crippen LogP contribution in [0.2, 0.25) is 0 Å². The second-order valence-corrected chi connectivity index (χ2v) is 10.5. The predicted molar refractivity (Wildman–Crippen MR) is 102 cm³/mol. The Kier molecular flexibility index (Phi) is 4.55. The number of allylic oxidation sites excluding steroid dienone is 1. The normalized spacial score (nSPS) is 47.0. The summed E-state index contributed by atoms with van der Waals surface area (Å²) in [5.74, 6) is 4.36. The maximum atomic E-state index is 11.5. The zero-order valence-electron chi connectivity index (χ0n) is 16.1. The van der Waals surface area contributed by atoms with Gasteiger partial charge in [-0.05, 0) is 75.0 Å². The second kappa shape index (κ2) is 6.32. The number of aliphatic hydroxyl groups is 1. The maximum absolute atomic E-state index is 11.5. The molecule has 0 aromatic rings. The molecule has 4 aliphatic carbocycles. The predicted octanol–water partition coefficient (Wildman–Crippen LogP) is 3.50. The van der Waals surface area contributed by atoms with E-state index in [1.165, 1.54) is 5.57 Å². The van der Waals surface area contributed by atoms with E-state index in [0.717, 1.165) is 44.9 Å². The number of rotatable bonds is 2. The van der Waals surface area contributed by atoms with Crippen LogP contribution < -0.4 is 0 Å². The first kappa shape index (κ1) is 19.4. The molecule has 0 aromatic heterocycles. The fraction of sp³-hybridized carbons (Fsp3) is 0.810. The van der Waals surface area contributed by atoms with Crippen LogP contribution >= 0.6 is 0 Å². The standard InChI is InChI=1S/C21H30O5S/c1-4-21(26-27(23,24)25)10-8-18-19-13(2)11-14-12-15(22)5-6-16(14)17(19)7-9-20(18,21)3/h1,13,15,17-19,22H,5-12H2,2-3H3,(H,23,24,25). The Morgan fingerprint density at radius 2 is 1.96 bits per heavy atom. The van der Waals surface area contributed by atoms with E-state index in [-0.39, 0.29) is 12.0 Å². The Hall–Kier alpha value is -0.870. The summed E-state index contributed by atoms with van der Waals surface area (Å²) >= 11 is 0. The third kappa shape index (κ3) is 2.90. The van der Waals surface area contributed by atoms with E-state index >= 15 is 0 Å². The van der Waals surface area contributed by atoms with Crippen LogP contribution in [0.5, 0.6) is 0 Å². The van der Waals surface area contributed by atoms with E-state index in [9.17, 15) is 18.1 Å². The molecule has 0 aromatic carbocycles. The fourth-order valence-corrected chi connectivity index (χ4v) is 7.86. The van der Waals surface area contributed by atoms with Crippen molar-refractivity contribution >= 4 is 10.4 Å². The minimum atomic E-state index is -4.61. The lowest BCUT2D eigenvalue weighted by Crippen LogP contribution is -2.54. The van der Waals surface area contributed by atoms with Crippen LogP contribution in [-0.4, -0.2) is 29.8 Å². The first-order valence-electron chi connectivity index (χ1n) is 10.1. The van der Waals surface area contributed by atoms with Gasteiger partial charge in [0.1, 0.15) is 0 Å². The van der Waals surface area contributed by atoms with E-state index in [2.05, 4.69) is 19.8 Å². The summed E-state index contributed by atoms with van der Waals surface area (Å²) in [4.78, 5) is 0. The van der Waals surface area contributed by atoms with Gasteiger partial charge < -0.3 is 5.11 Å². The molecule has 27 heavy (non-hydrogen) atoms. The van der Waals surface area contributed by atoms with E-state index < -0.39 is 21.4 Å². The summed E-state index contributed by atoms with van der Waals surface area (Å²) in [5.41, 5.74) is 1.30. The minimum absolute atomic E-state index is 0.204. The smallest absolute Gasteiger partial charge is 0.393 e. The molecular weight excluding hydrogens is 364 g/mol. The first-order valence-corrected chi connectivity index (χ1v) is 11.5. The van der Waals surface area contributed by atoms with Crippen molar-refractivity contribution in [2.75, 3.05) is 0 Å². The van der Waals surface area contributed by atoms with Gasteiger partial charge in [0.25, 0.3) is 0 Å². The molecule has 0 spiro atoms. The largest absolute Gasteiger partial charge is 0.398 e. The molecule has 4 aliphatic rings. The summed E-state index contributed by atoms with van der Waals surface area (Å²) in [6.45, 7) is 4.35. The van der Waals surface area contributed by atoms with Crippen LogP contribution in [0.25, 0.3) is 0 Å². The third-order valence-electron chi connectivity index (χ3n) is 8.29. The minimum Gasteiger partial charge on any atom is -0.393 e. The van der Waals surface area contributed by atoms with Crippen LogP contribution in [-0.2, 0) is 14.6 Å². The van der Waals surface area contributed by atoms with Crippen LogP contribution in [0, 0.1) is 41.4 Å². The van der Waals surface area contributed by atoms with Gasteiger partial charge in [-0.15, -0.1) is 6.42 Å². The van der Waals surface area contributed by atoms with Gasteiger partial charge in [-0.3, -0.25) is 4.55 Å². The van der Waals surface area contributed by atoms with Crippen molar-refractivity contribution < 1.29 is 22.3 Å². The van der Waals surface area contributed by atoms with Gasteiger partial charge in [0.15, 0.2) is 5.60 Å². The third-order valence-corrected chi connectivity index (χ3v) is 8.78. The maximum Gasteiger partial charge on any atom is 0.398 e. The number of terminal acetylenes is 1. The highest BCUT2D eigenvalue weighted by Crippen LogP contribution is 2.66. The Morgan fingerprint density at radius 1 is 1.22 bits per heavy atom. The van der Waals surface area contributed by atoms with Crippen LogP contribution in [0.15, 0.2) is 11.1 Å². The second-order valence-electron chi connectivity index (χ2n) is 9.47. The van der Waals surface area contributed by atoms with Gasteiger partial charge in [-0.2, -0.15) is 8.42 Å². The molecule has 7 unspecified atom stereocenters. The summed E-state index contributed by atoms with van der Waals surface area (Å²) < 4.78 is 37.6. The van der Waals surface area contributed by atoms with Crippen LogP contribution in [0.4, 0.5) is 0 Å². The van der Waals surface area contributed by atoms with Gasteiger partial charge in [0.05, 0.1) is 6.10 Å². The number of hydrogen-bond donors (Lipinski definition) is 2. The Bertz CT molecular complexity index is 809. The fourth-order valence-electron chi connectivity index (χ4n) is 7.18. The molecule has 7 atom stereocenters. The van der Waals surface area contributed by atoms with Gasteiger partial charge >= 0.3 is 10.4 Å². The molecule has 5 nitrogen and oxygen atoms in total. The Morgan fingerprint density at radius 3 is 2.63 bits per heavy atom. The zero-order valence-corrected chi connectivity index (χ0v) is 17.0. The molecule has 6 heteroatoms. The molecular formula is C21H30O5S. The number of hydrogen-bond acceptors (Lipinski definition) is 4. The molecule has 0 amide bonds. The van der Waals surface area contributed by atoms with Crippen molar-refractivity contribution in [2.24, 2.45) is 29.1 Å². The lowest BCUT2D eigenvalue weighted by Gasteiger charge is -2.55. The summed E-state index contributed by atoms with van der Waals surface area (Å²) in [6.07, 6.45) is 12.3. The Balaban J connectivity index is 1.70. The highest BCUT2D eigenvalue weighted by molar-refractivity contribution is 7.80. The van der Waals surface area contributed by atoms with Crippen molar-refractivity contribution in [3.8, 4) is 12.3 Å². The average molecular weight is 395 g/mol. The lowest BCUT2D eigenvalue weighted by atomic mass is 9.50. The molecule has 2 fully saturated rings. The molecule has 0 bridgehead atoms. The van der Waals surface area contributed by atoms with Gasteiger partial charge in [0.2, 0.25) is 0 Å². The van der Waals surface area contributed by atoms with E-state index in [1.54, 1.807) is 5.57 Å². The van der Waals surface area contributed by atoms with E-state index in [4.69, 9.17) is 10.6 Å². The molecule has 2 saturated carbocycles. The number of fused-ring (bicyclic) bond motifs is 4. The molecule has 0 radical (unpaired) electrons. The summed E-state index contributed by atoms with van der Waals surface area (Å²) in [6, 6.07) is 0. The first-order chi connectivity index (χ1) is 12.6. The number of aliphatic hydroxyl groups excluding tert-OH is 1. The monoisotopic (exact) mass is 394 g/mol. The zero-order chi connectivity index (χ0) is 19.6. The summed E-state index contributed by atoms with van der Waals surface area (Å²) in [7, 11) is -4.61. The van der Waals surface area contributed by atoms with Crippen molar-refractivity contribution in [2.45, 2.75) is 76.9 Å². The summed E-state index contributed by atoms with van der Waals surface area (Å²) in [5, 5.41) is 10.1. The van der Waals surface area contributed by atoms with Gasteiger partial charge in [0, 0.05) is 5.41 Å². The van der Waals surface area contributed by atoms with E-state index in [0.29, 0.717) is 24.2 Å². The average Bonchev–Trinajstić information content (AvgIpc) is 2.86. The van der Waals surface area contributed by atoms with Gasteiger partial charge in [-0.1, -0.05) is 30.9 Å².